The molecule has 120 valence electrons. The summed E-state index contributed by atoms with van der Waals surface area (Å²) in [6.45, 7) is 4.82. The van der Waals surface area contributed by atoms with Crippen LogP contribution in [0.4, 0.5) is 0 Å². The number of rotatable bonds is 5. The van der Waals surface area contributed by atoms with Gasteiger partial charge < -0.3 is 15.3 Å². The summed E-state index contributed by atoms with van der Waals surface area (Å²) in [4.78, 5) is 25.9. The molecular formula is C16H28N2O3. The molecule has 1 amide bonds. The summed E-state index contributed by atoms with van der Waals surface area (Å²) in [5, 5.41) is 12.7. The van der Waals surface area contributed by atoms with Gasteiger partial charge >= 0.3 is 5.97 Å². The summed E-state index contributed by atoms with van der Waals surface area (Å²) in [6, 6.07) is -0.374. The summed E-state index contributed by atoms with van der Waals surface area (Å²) >= 11 is 0. The molecule has 0 spiro atoms. The third-order valence-electron chi connectivity index (χ3n) is 4.98. The van der Waals surface area contributed by atoms with Gasteiger partial charge in [-0.25, -0.2) is 4.79 Å². The molecule has 4 unspecified atom stereocenters. The Bertz CT molecular complexity index is 386. The standard InChI is InChI=1S/C16H28N2O3/c1-3-17-11(2)10-15(19)18-13-7-5-4-6-12(13)8-9-14(18)16(20)21/h11-14,17H,3-10H2,1-2H3,(H,20,21). The minimum Gasteiger partial charge on any atom is -0.480 e. The Kier molecular flexibility index (Phi) is 5.62. The third kappa shape index (κ3) is 3.76. The fraction of sp³-hybridized carbons (Fsp3) is 0.875. The van der Waals surface area contributed by atoms with Gasteiger partial charge in [0.15, 0.2) is 0 Å². The number of likely N-dealkylation sites (tertiary alicyclic amines) is 1. The average molecular weight is 296 g/mol. The molecular weight excluding hydrogens is 268 g/mol. The van der Waals surface area contributed by atoms with Gasteiger partial charge in [-0.15, -0.1) is 0 Å². The second-order valence-corrected chi connectivity index (χ2v) is 6.51. The maximum absolute atomic E-state index is 12.7. The van der Waals surface area contributed by atoms with Crippen LogP contribution in [0.15, 0.2) is 0 Å². The van der Waals surface area contributed by atoms with Gasteiger partial charge in [0.05, 0.1) is 0 Å². The lowest BCUT2D eigenvalue weighted by atomic mass is 9.76. The average Bonchev–Trinajstić information content (AvgIpc) is 2.45. The molecule has 2 aliphatic rings. The third-order valence-corrected chi connectivity index (χ3v) is 4.98. The van der Waals surface area contributed by atoms with Crippen molar-refractivity contribution in [3.63, 3.8) is 0 Å². The molecule has 0 aromatic carbocycles. The Morgan fingerprint density at radius 3 is 2.62 bits per heavy atom. The van der Waals surface area contributed by atoms with E-state index in [4.69, 9.17) is 0 Å². The number of carbonyl (C=O) groups is 2. The molecule has 1 saturated heterocycles. The monoisotopic (exact) mass is 296 g/mol. The maximum Gasteiger partial charge on any atom is 0.326 e. The minimum absolute atomic E-state index is 0.00690. The molecule has 0 aromatic heterocycles. The second kappa shape index (κ2) is 7.25. The van der Waals surface area contributed by atoms with E-state index < -0.39 is 12.0 Å². The van der Waals surface area contributed by atoms with Gasteiger partial charge in [-0.05, 0) is 45.1 Å². The van der Waals surface area contributed by atoms with E-state index in [0.717, 1.165) is 32.2 Å². The smallest absolute Gasteiger partial charge is 0.326 e. The number of carbonyl (C=O) groups excluding carboxylic acids is 1. The van der Waals surface area contributed by atoms with Crippen molar-refractivity contribution in [1.82, 2.24) is 10.2 Å². The van der Waals surface area contributed by atoms with E-state index in [2.05, 4.69) is 5.32 Å². The van der Waals surface area contributed by atoms with Crippen molar-refractivity contribution in [2.45, 2.75) is 76.9 Å². The largest absolute Gasteiger partial charge is 0.480 e. The van der Waals surface area contributed by atoms with Crippen molar-refractivity contribution in [2.24, 2.45) is 5.92 Å². The highest BCUT2D eigenvalue weighted by molar-refractivity contribution is 5.84. The fourth-order valence-corrected chi connectivity index (χ4v) is 4.02. The van der Waals surface area contributed by atoms with Crippen molar-refractivity contribution >= 4 is 11.9 Å². The Labute approximate surface area is 127 Å². The molecule has 5 nitrogen and oxygen atoms in total. The van der Waals surface area contributed by atoms with Crippen molar-refractivity contribution in [1.29, 1.82) is 0 Å². The zero-order valence-electron chi connectivity index (χ0n) is 13.2. The van der Waals surface area contributed by atoms with Crippen LogP contribution in [-0.2, 0) is 9.59 Å². The fourth-order valence-electron chi connectivity index (χ4n) is 4.02. The van der Waals surface area contributed by atoms with E-state index in [1.165, 1.54) is 6.42 Å². The first-order valence-corrected chi connectivity index (χ1v) is 8.32. The van der Waals surface area contributed by atoms with Crippen LogP contribution in [-0.4, -0.2) is 46.6 Å². The lowest BCUT2D eigenvalue weighted by molar-refractivity contribution is -0.158. The van der Waals surface area contributed by atoms with Gasteiger partial charge in [-0.1, -0.05) is 19.8 Å². The Morgan fingerprint density at radius 2 is 1.95 bits per heavy atom. The predicted molar refractivity (Wildman–Crippen MR) is 81.0 cm³/mol. The molecule has 1 aliphatic heterocycles. The summed E-state index contributed by atoms with van der Waals surface area (Å²) in [5.74, 6) is -0.330. The molecule has 21 heavy (non-hydrogen) atoms. The Hall–Kier alpha value is -1.10. The number of aliphatic carboxylic acids is 1. The molecule has 1 aliphatic carbocycles. The minimum atomic E-state index is -0.844. The van der Waals surface area contributed by atoms with E-state index in [9.17, 15) is 14.7 Å². The number of nitrogens with one attached hydrogen (secondary N) is 1. The highest BCUT2D eigenvalue weighted by Crippen LogP contribution is 2.38. The molecule has 2 N–H and O–H groups in total. The molecule has 1 heterocycles. The molecule has 4 atom stereocenters. The van der Waals surface area contributed by atoms with E-state index in [1.54, 1.807) is 4.90 Å². The SMILES string of the molecule is CCNC(C)CC(=O)N1C(C(=O)O)CCC2CCCCC21. The van der Waals surface area contributed by atoms with Gasteiger partial charge in [-0.3, -0.25) is 4.79 Å². The van der Waals surface area contributed by atoms with E-state index in [-0.39, 0.29) is 18.0 Å². The number of carboxylic acids is 1. The first-order chi connectivity index (χ1) is 10.0. The number of nitrogens with zero attached hydrogens (tertiary/aromatic N) is 1. The maximum atomic E-state index is 12.7. The molecule has 2 fully saturated rings. The van der Waals surface area contributed by atoms with Gasteiger partial charge in [0, 0.05) is 18.5 Å². The highest BCUT2D eigenvalue weighted by atomic mass is 16.4. The molecule has 0 radical (unpaired) electrons. The summed E-state index contributed by atoms with van der Waals surface area (Å²) < 4.78 is 0. The van der Waals surface area contributed by atoms with E-state index in [1.807, 2.05) is 13.8 Å². The van der Waals surface area contributed by atoms with Crippen LogP contribution in [0, 0.1) is 5.92 Å². The van der Waals surface area contributed by atoms with Crippen molar-refractivity contribution < 1.29 is 14.7 Å². The van der Waals surface area contributed by atoms with Crippen LogP contribution in [0.3, 0.4) is 0 Å². The topological polar surface area (TPSA) is 69.6 Å². The number of amides is 1. The number of hydrogen-bond donors (Lipinski definition) is 2. The van der Waals surface area contributed by atoms with Gasteiger partial charge in [-0.2, -0.15) is 0 Å². The second-order valence-electron chi connectivity index (χ2n) is 6.51. The molecule has 0 aromatic rings. The number of carboxylic acid groups (broad SMARTS) is 1. The van der Waals surface area contributed by atoms with Crippen molar-refractivity contribution in [2.75, 3.05) is 6.54 Å². The Balaban J connectivity index is 2.12. The van der Waals surface area contributed by atoms with Crippen LogP contribution in [0.25, 0.3) is 0 Å². The van der Waals surface area contributed by atoms with E-state index in [0.29, 0.717) is 18.8 Å². The summed E-state index contributed by atoms with van der Waals surface area (Å²) in [6.07, 6.45) is 6.39. The van der Waals surface area contributed by atoms with Gasteiger partial charge in [0.1, 0.15) is 6.04 Å². The lowest BCUT2D eigenvalue weighted by Crippen LogP contribution is -2.58. The summed E-state index contributed by atoms with van der Waals surface area (Å²) in [7, 11) is 0. The normalized spacial score (nSPS) is 30.6. The first-order valence-electron chi connectivity index (χ1n) is 8.32. The highest BCUT2D eigenvalue weighted by Gasteiger charge is 2.43. The number of fused-ring (bicyclic) bond motifs is 1. The summed E-state index contributed by atoms with van der Waals surface area (Å²) in [5.41, 5.74) is 0. The van der Waals surface area contributed by atoms with Crippen LogP contribution < -0.4 is 5.32 Å². The van der Waals surface area contributed by atoms with Crippen molar-refractivity contribution in [3.05, 3.63) is 0 Å². The lowest BCUT2D eigenvalue weighted by Gasteiger charge is -2.47. The zero-order valence-corrected chi connectivity index (χ0v) is 13.2. The van der Waals surface area contributed by atoms with Gasteiger partial charge in [0.25, 0.3) is 0 Å². The number of hydrogen-bond acceptors (Lipinski definition) is 3. The Morgan fingerprint density at radius 1 is 1.24 bits per heavy atom. The van der Waals surface area contributed by atoms with Crippen LogP contribution in [0.1, 0.15) is 58.8 Å². The molecule has 0 bridgehead atoms. The van der Waals surface area contributed by atoms with Gasteiger partial charge in [0.2, 0.25) is 5.91 Å². The quantitative estimate of drug-likeness (QED) is 0.814. The molecule has 1 saturated carbocycles. The van der Waals surface area contributed by atoms with Crippen molar-refractivity contribution in [3.8, 4) is 0 Å². The van der Waals surface area contributed by atoms with Crippen LogP contribution >= 0.6 is 0 Å². The predicted octanol–water partition coefficient (Wildman–Crippen LogP) is 2.01. The van der Waals surface area contributed by atoms with Crippen LogP contribution in [0.5, 0.6) is 0 Å². The number of piperidine rings is 1. The molecule has 2 rings (SSSR count). The van der Waals surface area contributed by atoms with E-state index >= 15 is 0 Å². The molecule has 5 heteroatoms. The zero-order chi connectivity index (χ0) is 15.4. The van der Waals surface area contributed by atoms with Crippen LogP contribution in [0.2, 0.25) is 0 Å². The first kappa shape index (κ1) is 16.3.